The van der Waals surface area contributed by atoms with E-state index in [1.165, 1.54) is 55.5 Å². The molecule has 0 aliphatic heterocycles. The van der Waals surface area contributed by atoms with Gasteiger partial charge in [0, 0.05) is 23.6 Å². The number of nitrogens with one attached hydrogen (secondary N) is 1. The van der Waals surface area contributed by atoms with Gasteiger partial charge in [-0.3, -0.25) is 19.3 Å². The summed E-state index contributed by atoms with van der Waals surface area (Å²) in [4.78, 5) is 26.8. The van der Waals surface area contributed by atoms with Gasteiger partial charge in [0.25, 0.3) is 10.0 Å². The predicted molar refractivity (Wildman–Crippen MR) is 106 cm³/mol. The van der Waals surface area contributed by atoms with Crippen LogP contribution in [0, 0.1) is 5.82 Å². The highest BCUT2D eigenvalue weighted by Crippen LogP contribution is 2.21. The minimum Gasteiger partial charge on any atom is -0.293 e. The van der Waals surface area contributed by atoms with Gasteiger partial charge in [-0.15, -0.1) is 0 Å². The molecule has 1 heterocycles. The number of Topliss-reactive ketones (excluding diaryl/α,β-unsaturated/α-hetero) is 1. The molecule has 0 amide bonds. The summed E-state index contributed by atoms with van der Waals surface area (Å²) in [6.07, 6.45) is 1.02. The smallest absolute Gasteiger partial charge is 0.261 e. The van der Waals surface area contributed by atoms with E-state index in [9.17, 15) is 22.4 Å². The van der Waals surface area contributed by atoms with Crippen molar-refractivity contribution in [2.75, 3.05) is 10.5 Å². The Balaban J connectivity index is 1.77. The van der Waals surface area contributed by atoms with Gasteiger partial charge >= 0.3 is 0 Å². The highest BCUT2D eigenvalue weighted by atomic mass is 32.2. The van der Waals surface area contributed by atoms with E-state index in [-0.39, 0.29) is 27.2 Å². The van der Waals surface area contributed by atoms with Gasteiger partial charge in [-0.05, 0) is 42.5 Å². The summed E-state index contributed by atoms with van der Waals surface area (Å²) in [7, 11) is -3.89. The Labute approximate surface area is 165 Å². The van der Waals surface area contributed by atoms with Gasteiger partial charge in [-0.1, -0.05) is 17.8 Å². The number of carbonyl (C=O) groups is 2. The second-order valence-electron chi connectivity index (χ2n) is 5.89. The van der Waals surface area contributed by atoms with Gasteiger partial charge in [0.1, 0.15) is 5.82 Å². The summed E-state index contributed by atoms with van der Waals surface area (Å²) in [5, 5.41) is 0.343. The maximum atomic E-state index is 13.2. The van der Waals surface area contributed by atoms with Gasteiger partial charge < -0.3 is 0 Å². The van der Waals surface area contributed by atoms with E-state index in [0.717, 1.165) is 18.0 Å². The number of ketones is 1. The molecule has 6 nitrogen and oxygen atoms in total. The van der Waals surface area contributed by atoms with E-state index in [2.05, 4.69) is 9.71 Å². The van der Waals surface area contributed by atoms with Crippen LogP contribution in [0.1, 0.15) is 17.3 Å². The maximum absolute atomic E-state index is 13.2. The zero-order valence-electron chi connectivity index (χ0n) is 14.7. The number of aromatic nitrogens is 1. The normalized spacial score (nSPS) is 11.4. The molecule has 0 bridgehead atoms. The van der Waals surface area contributed by atoms with Gasteiger partial charge in [-0.25, -0.2) is 12.8 Å². The number of rotatable bonds is 6. The summed E-state index contributed by atoms with van der Waals surface area (Å²) in [5.74, 6) is -0.689. The molecule has 3 aromatic rings. The summed E-state index contributed by atoms with van der Waals surface area (Å²) in [5.41, 5.74) is 1.02. The molecular weight excluding hydrogens is 403 g/mol. The Morgan fingerprint density at radius 1 is 1.11 bits per heavy atom. The fraction of sp³-hybridized carbons (Fsp3) is 0.105. The van der Waals surface area contributed by atoms with Crippen LogP contribution < -0.4 is 4.72 Å². The standard InChI is InChI=1S/C19H15FN2O4S2/c1-12(23)27-11-19(24)13-2-5-16(6-3-13)22-28(25,26)17-7-4-14-8-15(20)10-21-18(14)9-17/h2-10,22H,11H2,1H3. The first-order valence-electron chi connectivity index (χ1n) is 8.09. The molecule has 0 atom stereocenters. The van der Waals surface area contributed by atoms with Crippen molar-refractivity contribution in [1.29, 1.82) is 0 Å². The predicted octanol–water partition coefficient (Wildman–Crippen LogP) is 3.64. The number of sulfonamides is 1. The van der Waals surface area contributed by atoms with Crippen molar-refractivity contribution in [2.45, 2.75) is 11.8 Å². The number of anilines is 1. The zero-order valence-corrected chi connectivity index (χ0v) is 16.3. The third-order valence-corrected chi connectivity index (χ3v) is 5.99. The Hall–Kier alpha value is -2.78. The molecule has 2 aromatic carbocycles. The summed E-state index contributed by atoms with van der Waals surface area (Å²) < 4.78 is 40.8. The van der Waals surface area contributed by atoms with Crippen molar-refractivity contribution in [3.8, 4) is 0 Å². The van der Waals surface area contributed by atoms with Crippen LogP contribution in [-0.2, 0) is 14.8 Å². The first-order valence-corrected chi connectivity index (χ1v) is 10.6. The second kappa shape index (κ2) is 8.07. The SMILES string of the molecule is CC(=O)SCC(=O)c1ccc(NS(=O)(=O)c2ccc3cc(F)cnc3c2)cc1. The molecule has 0 saturated carbocycles. The average molecular weight is 418 g/mol. The molecule has 28 heavy (non-hydrogen) atoms. The van der Waals surface area contributed by atoms with Crippen LogP contribution >= 0.6 is 11.8 Å². The fourth-order valence-electron chi connectivity index (χ4n) is 2.43. The maximum Gasteiger partial charge on any atom is 0.261 e. The molecule has 3 rings (SSSR count). The molecule has 1 N–H and O–H groups in total. The lowest BCUT2D eigenvalue weighted by molar-refractivity contribution is -0.109. The third kappa shape index (κ3) is 4.73. The van der Waals surface area contributed by atoms with Crippen molar-refractivity contribution >= 4 is 49.3 Å². The van der Waals surface area contributed by atoms with Gasteiger partial charge in [-0.2, -0.15) is 0 Å². The third-order valence-electron chi connectivity index (χ3n) is 3.80. The van der Waals surface area contributed by atoms with Crippen molar-refractivity contribution in [3.05, 3.63) is 66.1 Å². The number of hydrogen-bond acceptors (Lipinski definition) is 6. The number of pyridine rings is 1. The molecule has 0 unspecified atom stereocenters. The molecule has 0 radical (unpaired) electrons. The first kappa shape index (κ1) is 20.0. The van der Waals surface area contributed by atoms with Gasteiger partial charge in [0.2, 0.25) is 0 Å². The van der Waals surface area contributed by atoms with Crippen LogP contribution in [0.2, 0.25) is 0 Å². The highest BCUT2D eigenvalue weighted by Gasteiger charge is 2.16. The van der Waals surface area contributed by atoms with E-state index < -0.39 is 15.8 Å². The second-order valence-corrected chi connectivity index (χ2v) is 8.73. The van der Waals surface area contributed by atoms with E-state index in [1.54, 1.807) is 0 Å². The van der Waals surface area contributed by atoms with E-state index in [0.29, 0.717) is 16.5 Å². The lowest BCUT2D eigenvalue weighted by Gasteiger charge is -2.09. The average Bonchev–Trinajstić information content (AvgIpc) is 2.65. The van der Waals surface area contributed by atoms with Crippen LogP contribution in [0.3, 0.4) is 0 Å². The monoisotopic (exact) mass is 418 g/mol. The summed E-state index contributed by atoms with van der Waals surface area (Å²) in [6, 6.07) is 11.4. The lowest BCUT2D eigenvalue weighted by Crippen LogP contribution is -2.13. The quantitative estimate of drug-likeness (QED) is 0.615. The molecule has 0 fully saturated rings. The van der Waals surface area contributed by atoms with E-state index >= 15 is 0 Å². The molecule has 0 aliphatic rings. The van der Waals surface area contributed by atoms with E-state index in [4.69, 9.17) is 0 Å². The summed E-state index contributed by atoms with van der Waals surface area (Å²) >= 11 is 0.918. The molecule has 9 heteroatoms. The summed E-state index contributed by atoms with van der Waals surface area (Å²) in [6.45, 7) is 1.38. The number of hydrogen-bond donors (Lipinski definition) is 1. The number of fused-ring (bicyclic) bond motifs is 1. The lowest BCUT2D eigenvalue weighted by atomic mass is 10.1. The molecule has 144 valence electrons. The fourth-order valence-corrected chi connectivity index (χ4v) is 4.01. The number of nitrogens with zero attached hydrogens (tertiary/aromatic N) is 1. The first-order chi connectivity index (χ1) is 13.2. The Morgan fingerprint density at radius 2 is 1.82 bits per heavy atom. The molecular formula is C19H15FN2O4S2. The Bertz CT molecular complexity index is 1160. The Morgan fingerprint density at radius 3 is 2.50 bits per heavy atom. The minimum atomic E-state index is -3.89. The van der Waals surface area contributed by atoms with Crippen LogP contribution in [0.15, 0.2) is 59.6 Å². The van der Waals surface area contributed by atoms with Crippen LogP contribution in [-0.4, -0.2) is 30.1 Å². The largest absolute Gasteiger partial charge is 0.293 e. The molecule has 0 saturated heterocycles. The number of carbonyl (C=O) groups excluding carboxylic acids is 2. The molecule has 1 aromatic heterocycles. The highest BCUT2D eigenvalue weighted by molar-refractivity contribution is 8.14. The van der Waals surface area contributed by atoms with E-state index in [1.807, 2.05) is 0 Å². The van der Waals surface area contributed by atoms with Gasteiger partial charge in [0.05, 0.1) is 22.4 Å². The minimum absolute atomic E-state index is 0.0166. The topological polar surface area (TPSA) is 93.2 Å². The molecule has 0 aliphatic carbocycles. The van der Waals surface area contributed by atoms with Crippen LogP contribution in [0.5, 0.6) is 0 Å². The van der Waals surface area contributed by atoms with Crippen molar-refractivity contribution < 1.29 is 22.4 Å². The zero-order chi connectivity index (χ0) is 20.3. The Kier molecular flexibility index (Phi) is 5.76. The van der Waals surface area contributed by atoms with Crippen LogP contribution in [0.4, 0.5) is 10.1 Å². The number of halogens is 1. The van der Waals surface area contributed by atoms with Crippen molar-refractivity contribution in [2.24, 2.45) is 0 Å². The number of benzene rings is 2. The molecule has 0 spiro atoms. The van der Waals surface area contributed by atoms with Crippen molar-refractivity contribution in [1.82, 2.24) is 4.98 Å². The number of thioether (sulfide) groups is 1. The van der Waals surface area contributed by atoms with Crippen LogP contribution in [0.25, 0.3) is 10.9 Å². The van der Waals surface area contributed by atoms with Crippen molar-refractivity contribution in [3.63, 3.8) is 0 Å². The van der Waals surface area contributed by atoms with Gasteiger partial charge in [0.15, 0.2) is 10.9 Å².